The fourth-order valence-corrected chi connectivity index (χ4v) is 4.37. The number of ether oxygens (including phenoxy) is 6. The van der Waals surface area contributed by atoms with Gasteiger partial charge in [-0.2, -0.15) is 0 Å². The SMILES string of the molecule is CCCCNc1cc(C(=O)O[C@@H](C)C(=O)O[C@@H](C)C(=O)O[C@@H](C)C(=O)O[C@@H](C)C(=O)OCC)cc(S(N)(=O)=O)c1Oc1ccccc1. The van der Waals surface area contributed by atoms with Crippen LogP contribution < -0.4 is 15.2 Å². The van der Waals surface area contributed by atoms with Crippen molar-refractivity contribution in [3.05, 3.63) is 48.0 Å². The van der Waals surface area contributed by atoms with E-state index in [9.17, 15) is 32.4 Å². The van der Waals surface area contributed by atoms with Crippen molar-refractivity contribution in [3.8, 4) is 11.5 Å². The number of carbonyl (C=O) groups is 5. The zero-order valence-electron chi connectivity index (χ0n) is 27.0. The highest BCUT2D eigenvalue weighted by atomic mass is 32.2. The second kappa shape index (κ2) is 17.9. The molecule has 2 aromatic rings. The zero-order valence-corrected chi connectivity index (χ0v) is 27.8. The van der Waals surface area contributed by atoms with Gasteiger partial charge in [-0.15, -0.1) is 0 Å². The lowest BCUT2D eigenvalue weighted by Crippen LogP contribution is -2.37. The number of carbonyl (C=O) groups excluding carboxylic acids is 5. The third kappa shape index (κ3) is 11.9. The molecule has 4 atom stereocenters. The van der Waals surface area contributed by atoms with Gasteiger partial charge in [-0.3, -0.25) is 0 Å². The van der Waals surface area contributed by atoms with Gasteiger partial charge in [0, 0.05) is 6.54 Å². The summed E-state index contributed by atoms with van der Waals surface area (Å²) in [6.07, 6.45) is -4.29. The quantitative estimate of drug-likeness (QED) is 0.139. The molecule has 0 radical (unpaired) electrons. The molecule has 0 saturated carbocycles. The summed E-state index contributed by atoms with van der Waals surface area (Å²) in [4.78, 5) is 61.5. The Bertz CT molecular complexity index is 1530. The molecule has 0 aliphatic carbocycles. The lowest BCUT2D eigenvalue weighted by atomic mass is 10.1. The number of unbranched alkanes of at least 4 members (excludes halogenated alkanes) is 1. The van der Waals surface area contributed by atoms with Gasteiger partial charge in [0.05, 0.1) is 17.9 Å². The van der Waals surface area contributed by atoms with Gasteiger partial charge in [0.25, 0.3) is 0 Å². The second-order valence-corrected chi connectivity index (χ2v) is 11.7. The van der Waals surface area contributed by atoms with Crippen LogP contribution in [0, 0.1) is 0 Å². The van der Waals surface area contributed by atoms with Crippen molar-refractivity contribution in [3.63, 3.8) is 0 Å². The molecule has 3 N–H and O–H groups in total. The molecule has 0 unspecified atom stereocenters. The Labute approximate surface area is 273 Å². The van der Waals surface area contributed by atoms with Crippen molar-refractivity contribution >= 4 is 45.6 Å². The van der Waals surface area contributed by atoms with E-state index in [1.807, 2.05) is 6.92 Å². The third-order valence-corrected chi connectivity index (χ3v) is 7.10. The molecule has 0 heterocycles. The molecule has 15 nitrogen and oxygen atoms in total. The second-order valence-electron chi connectivity index (χ2n) is 10.1. The van der Waals surface area contributed by atoms with Crippen LogP contribution in [0.3, 0.4) is 0 Å². The van der Waals surface area contributed by atoms with Gasteiger partial charge < -0.3 is 33.7 Å². The number of rotatable bonds is 17. The highest BCUT2D eigenvalue weighted by Crippen LogP contribution is 2.37. The monoisotopic (exact) mass is 680 g/mol. The lowest BCUT2D eigenvalue weighted by molar-refractivity contribution is -0.183. The Hall–Kier alpha value is -4.70. The molecule has 0 bridgehead atoms. The molecular weight excluding hydrogens is 640 g/mol. The van der Waals surface area contributed by atoms with Crippen LogP contribution in [0.4, 0.5) is 5.69 Å². The van der Waals surface area contributed by atoms with Crippen LogP contribution in [-0.4, -0.2) is 75.8 Å². The number of hydrogen-bond acceptors (Lipinski definition) is 14. The van der Waals surface area contributed by atoms with Crippen molar-refractivity contribution < 1.29 is 60.8 Å². The average Bonchev–Trinajstić information content (AvgIpc) is 3.01. The first-order valence-corrected chi connectivity index (χ1v) is 16.3. The van der Waals surface area contributed by atoms with E-state index in [4.69, 9.17) is 33.6 Å². The molecule has 47 heavy (non-hydrogen) atoms. The topological polar surface area (TPSA) is 213 Å². The van der Waals surface area contributed by atoms with Crippen molar-refractivity contribution in [2.75, 3.05) is 18.5 Å². The maximum absolute atomic E-state index is 13.1. The van der Waals surface area contributed by atoms with Gasteiger partial charge in [-0.25, -0.2) is 37.5 Å². The van der Waals surface area contributed by atoms with Crippen molar-refractivity contribution in [1.82, 2.24) is 0 Å². The third-order valence-electron chi connectivity index (χ3n) is 6.18. The van der Waals surface area contributed by atoms with Gasteiger partial charge in [0.1, 0.15) is 10.6 Å². The minimum atomic E-state index is -4.43. The summed E-state index contributed by atoms with van der Waals surface area (Å²) in [5.41, 5.74) is -0.137. The zero-order chi connectivity index (χ0) is 35.3. The Kier molecular flexibility index (Phi) is 14.6. The highest BCUT2D eigenvalue weighted by Gasteiger charge is 2.31. The molecule has 16 heteroatoms. The van der Waals surface area contributed by atoms with Crippen LogP contribution in [0.1, 0.15) is 64.7 Å². The summed E-state index contributed by atoms with van der Waals surface area (Å²) in [7, 11) is -4.43. The van der Waals surface area contributed by atoms with Gasteiger partial charge >= 0.3 is 29.8 Å². The minimum absolute atomic E-state index is 0.0752. The largest absolute Gasteiger partial charge is 0.463 e. The first-order valence-electron chi connectivity index (χ1n) is 14.8. The van der Waals surface area contributed by atoms with Gasteiger partial charge in [-0.05, 0) is 65.3 Å². The summed E-state index contributed by atoms with van der Waals surface area (Å²) in [6.45, 7) is 8.81. The molecule has 0 aliphatic heterocycles. The Morgan fingerprint density at radius 2 is 1.28 bits per heavy atom. The number of benzene rings is 2. The van der Waals surface area contributed by atoms with E-state index in [1.165, 1.54) is 26.8 Å². The van der Waals surface area contributed by atoms with Crippen LogP contribution in [0.15, 0.2) is 47.4 Å². The van der Waals surface area contributed by atoms with E-state index in [2.05, 4.69) is 5.32 Å². The number of anilines is 1. The highest BCUT2D eigenvalue weighted by molar-refractivity contribution is 7.89. The summed E-state index contributed by atoms with van der Waals surface area (Å²) in [5, 5.41) is 8.53. The van der Waals surface area contributed by atoms with Gasteiger partial charge in [0.15, 0.2) is 30.2 Å². The Morgan fingerprint density at radius 1 is 0.766 bits per heavy atom. The summed E-state index contributed by atoms with van der Waals surface area (Å²) < 4.78 is 55.9. The number of nitrogens with one attached hydrogen (secondary N) is 1. The van der Waals surface area contributed by atoms with E-state index in [0.717, 1.165) is 19.4 Å². The van der Waals surface area contributed by atoms with E-state index in [1.54, 1.807) is 37.3 Å². The maximum atomic E-state index is 13.1. The molecule has 0 aromatic heterocycles. The Morgan fingerprint density at radius 3 is 1.77 bits per heavy atom. The summed E-state index contributed by atoms with van der Waals surface area (Å²) in [6, 6.07) is 10.6. The van der Waals surface area contributed by atoms with Crippen LogP contribution in [0.25, 0.3) is 0 Å². The maximum Gasteiger partial charge on any atom is 0.348 e. The number of sulfonamides is 1. The number of hydrogen-bond donors (Lipinski definition) is 2. The fourth-order valence-electron chi connectivity index (χ4n) is 3.67. The van der Waals surface area contributed by atoms with Crippen molar-refractivity contribution in [2.45, 2.75) is 83.7 Å². The molecular formula is C31H40N2O13S. The van der Waals surface area contributed by atoms with E-state index < -0.39 is 69.2 Å². The Balaban J connectivity index is 2.16. The number of primary sulfonamides is 1. The average molecular weight is 681 g/mol. The molecule has 2 aromatic carbocycles. The normalized spacial score (nSPS) is 13.6. The molecule has 0 saturated heterocycles. The van der Waals surface area contributed by atoms with Crippen LogP contribution >= 0.6 is 0 Å². The van der Waals surface area contributed by atoms with Crippen molar-refractivity contribution in [2.24, 2.45) is 5.14 Å². The number of nitrogens with two attached hydrogens (primary N) is 1. The van der Waals surface area contributed by atoms with E-state index in [0.29, 0.717) is 18.7 Å². The summed E-state index contributed by atoms with van der Waals surface area (Å²) in [5.74, 6) is -5.03. The predicted octanol–water partition coefficient (Wildman–Crippen LogP) is 3.24. The standard InChI is InChI=1S/C31H40N2O13S/c1-7-9-15-33-24-16-22(17-25(47(32,39)40)26(24)46-23-13-11-10-12-14-23)31(38)45-21(6)30(37)44-20(5)29(36)43-19(4)28(35)42-18(3)27(34)41-8-2/h10-14,16-21,33H,7-9,15H2,1-6H3,(H2,32,39,40)/t18-,19-,20-,21-/m0/s1. The molecule has 258 valence electrons. The van der Waals surface area contributed by atoms with Crippen LogP contribution in [0.5, 0.6) is 11.5 Å². The fraction of sp³-hybridized carbons (Fsp3) is 0.452. The summed E-state index contributed by atoms with van der Waals surface area (Å²) >= 11 is 0. The van der Waals surface area contributed by atoms with Crippen LogP contribution in [-0.2, 0) is 52.9 Å². The minimum Gasteiger partial charge on any atom is -0.463 e. The van der Waals surface area contributed by atoms with Gasteiger partial charge in [0.2, 0.25) is 10.0 Å². The molecule has 2 rings (SSSR count). The number of para-hydroxylation sites is 1. The van der Waals surface area contributed by atoms with E-state index >= 15 is 0 Å². The molecule has 0 spiro atoms. The number of esters is 5. The molecule has 0 aliphatic rings. The first-order chi connectivity index (χ1) is 22.1. The lowest BCUT2D eigenvalue weighted by Gasteiger charge is -2.20. The van der Waals surface area contributed by atoms with Crippen molar-refractivity contribution in [1.29, 1.82) is 0 Å². The van der Waals surface area contributed by atoms with E-state index in [-0.39, 0.29) is 23.6 Å². The molecule has 0 amide bonds. The predicted molar refractivity (Wildman–Crippen MR) is 166 cm³/mol. The molecule has 0 fully saturated rings. The first kappa shape index (κ1) is 38.5. The smallest absolute Gasteiger partial charge is 0.348 e. The van der Waals surface area contributed by atoms with Gasteiger partial charge in [-0.1, -0.05) is 31.5 Å². The van der Waals surface area contributed by atoms with Crippen LogP contribution in [0.2, 0.25) is 0 Å².